The van der Waals surface area contributed by atoms with E-state index in [0.29, 0.717) is 30.8 Å². The fourth-order valence-electron chi connectivity index (χ4n) is 3.52. The van der Waals surface area contributed by atoms with E-state index in [1.54, 1.807) is 27.0 Å². The summed E-state index contributed by atoms with van der Waals surface area (Å²) >= 11 is 0. The number of nitrogens with one attached hydrogen (secondary N) is 1. The highest BCUT2D eigenvalue weighted by molar-refractivity contribution is 6.38. The molecule has 1 aromatic rings. The number of carbonyl (C=O) groups is 2. The first-order chi connectivity index (χ1) is 14.2. The minimum absolute atomic E-state index is 0.134. The van der Waals surface area contributed by atoms with Gasteiger partial charge in [-0.05, 0) is 58.2 Å². The van der Waals surface area contributed by atoms with Crippen LogP contribution in [0.2, 0.25) is 0 Å². The van der Waals surface area contributed by atoms with Gasteiger partial charge >= 0.3 is 5.97 Å². The number of hydrogen-bond donors (Lipinski definition) is 2. The second-order valence-corrected chi connectivity index (χ2v) is 7.81. The number of methoxy groups -OCH3 is 1. The molecule has 1 saturated heterocycles. The molecule has 7 heteroatoms. The Bertz CT molecular complexity index is 860. The topological polar surface area (TPSA) is 91.2 Å². The van der Waals surface area contributed by atoms with E-state index >= 15 is 0 Å². The molecule has 0 saturated carbocycles. The first-order valence-electron chi connectivity index (χ1n) is 10.3. The van der Waals surface area contributed by atoms with E-state index in [1.165, 1.54) is 0 Å². The molecule has 1 heterocycles. The molecule has 2 atom stereocenters. The van der Waals surface area contributed by atoms with Crippen LogP contribution in [0.1, 0.15) is 56.5 Å². The summed E-state index contributed by atoms with van der Waals surface area (Å²) in [4.78, 5) is 30.6. The predicted molar refractivity (Wildman–Crippen MR) is 119 cm³/mol. The molecule has 7 nitrogen and oxygen atoms in total. The molecule has 2 rings (SSSR count). The number of ether oxygens (including phenoxy) is 1. The molecule has 0 radical (unpaired) electrons. The van der Waals surface area contributed by atoms with Crippen molar-refractivity contribution in [1.82, 2.24) is 5.32 Å². The Kier molecular flexibility index (Phi) is 8.17. The molecular weight excluding hydrogens is 382 g/mol. The summed E-state index contributed by atoms with van der Waals surface area (Å²) in [6, 6.07) is 5.31. The van der Waals surface area contributed by atoms with Crippen molar-refractivity contribution in [2.75, 3.05) is 25.1 Å². The van der Waals surface area contributed by atoms with Crippen molar-refractivity contribution in [2.45, 2.75) is 59.6 Å². The zero-order valence-electron chi connectivity index (χ0n) is 18.8. The number of carboxylic acids is 1. The van der Waals surface area contributed by atoms with Crippen LogP contribution in [0.4, 0.5) is 5.69 Å². The number of allylic oxidation sites excluding steroid dienone is 2. The molecule has 1 aromatic carbocycles. The molecule has 1 aliphatic heterocycles. The lowest BCUT2D eigenvalue weighted by Gasteiger charge is -2.39. The Balaban J connectivity index is 2.10. The number of rotatable bonds is 7. The third-order valence-electron chi connectivity index (χ3n) is 5.81. The molecule has 0 spiro atoms. The number of amides is 1. The first kappa shape index (κ1) is 23.6. The zero-order chi connectivity index (χ0) is 22.4. The van der Waals surface area contributed by atoms with Gasteiger partial charge in [0.25, 0.3) is 5.91 Å². The zero-order valence-corrected chi connectivity index (χ0v) is 18.8. The van der Waals surface area contributed by atoms with Crippen molar-refractivity contribution in [3.8, 4) is 0 Å². The minimum Gasteiger partial charge on any atom is -0.478 e. The summed E-state index contributed by atoms with van der Waals surface area (Å²) in [5.41, 5.74) is 4.34. The summed E-state index contributed by atoms with van der Waals surface area (Å²) in [6.45, 7) is 10.8. The molecule has 2 unspecified atom stereocenters. The summed E-state index contributed by atoms with van der Waals surface area (Å²) in [7, 11) is 1.63. The number of piperidine rings is 1. The predicted octanol–water partition coefficient (Wildman–Crippen LogP) is 3.57. The SMILES string of the molecule is CC/C(C)=C(\C)N=C(C)C(=O)NC1CCN(c2ccc(C)c(C(=O)O)c2)CC1OC. The van der Waals surface area contributed by atoms with E-state index in [-0.39, 0.29) is 18.1 Å². The lowest BCUT2D eigenvalue weighted by atomic mass is 9.99. The van der Waals surface area contributed by atoms with Gasteiger partial charge < -0.3 is 20.1 Å². The highest BCUT2D eigenvalue weighted by Gasteiger charge is 2.31. The second kappa shape index (κ2) is 10.4. The van der Waals surface area contributed by atoms with Gasteiger partial charge in [-0.15, -0.1) is 0 Å². The number of carboxylic acid groups (broad SMARTS) is 1. The van der Waals surface area contributed by atoms with E-state index in [4.69, 9.17) is 4.74 Å². The van der Waals surface area contributed by atoms with Gasteiger partial charge in [-0.3, -0.25) is 9.79 Å². The summed E-state index contributed by atoms with van der Waals surface area (Å²) < 4.78 is 5.65. The van der Waals surface area contributed by atoms with Gasteiger partial charge in [-0.1, -0.05) is 18.6 Å². The Morgan fingerprint density at radius 2 is 2.00 bits per heavy atom. The standard InChI is InChI=1S/C23H33N3O4/c1-7-14(2)16(4)24-17(5)22(27)25-20-10-11-26(13-21(20)30-6)18-9-8-15(3)19(12-18)23(28)29/h8-9,12,20-21H,7,10-11,13H2,1-6H3,(H,25,27)(H,28,29)/b16-14+,24-17?. The molecule has 1 aliphatic rings. The van der Waals surface area contributed by atoms with Crippen LogP contribution in [0.25, 0.3) is 0 Å². The van der Waals surface area contributed by atoms with Crippen molar-refractivity contribution in [2.24, 2.45) is 4.99 Å². The number of nitrogens with zero attached hydrogens (tertiary/aromatic N) is 2. The van der Waals surface area contributed by atoms with Crippen LogP contribution in [0.3, 0.4) is 0 Å². The third-order valence-corrected chi connectivity index (χ3v) is 5.81. The molecule has 164 valence electrons. The third kappa shape index (κ3) is 5.69. The maximum atomic E-state index is 12.6. The number of benzene rings is 1. The minimum atomic E-state index is -0.933. The Morgan fingerprint density at radius 3 is 2.60 bits per heavy atom. The molecule has 1 amide bonds. The van der Waals surface area contributed by atoms with Gasteiger partial charge in [0.05, 0.1) is 17.7 Å². The Labute approximate surface area is 178 Å². The number of aliphatic imine (C=N–C) groups is 1. The van der Waals surface area contributed by atoms with Crippen LogP contribution in [0.15, 0.2) is 34.5 Å². The monoisotopic (exact) mass is 415 g/mol. The van der Waals surface area contributed by atoms with Crippen molar-refractivity contribution in [3.63, 3.8) is 0 Å². The number of hydrogen-bond acceptors (Lipinski definition) is 5. The van der Waals surface area contributed by atoms with Crippen molar-refractivity contribution in [1.29, 1.82) is 0 Å². The van der Waals surface area contributed by atoms with Gasteiger partial charge in [0.2, 0.25) is 0 Å². The summed E-state index contributed by atoms with van der Waals surface area (Å²) in [5.74, 6) is -1.13. The van der Waals surface area contributed by atoms with E-state index in [0.717, 1.165) is 28.9 Å². The maximum absolute atomic E-state index is 12.6. The number of aromatic carboxylic acids is 1. The van der Waals surface area contributed by atoms with Crippen LogP contribution in [-0.4, -0.2) is 55.0 Å². The largest absolute Gasteiger partial charge is 0.478 e. The fourth-order valence-corrected chi connectivity index (χ4v) is 3.52. The summed E-state index contributed by atoms with van der Waals surface area (Å²) in [5, 5.41) is 12.4. The van der Waals surface area contributed by atoms with Crippen LogP contribution in [0, 0.1) is 6.92 Å². The van der Waals surface area contributed by atoms with Crippen LogP contribution >= 0.6 is 0 Å². The highest BCUT2D eigenvalue weighted by atomic mass is 16.5. The molecule has 1 fully saturated rings. The second-order valence-electron chi connectivity index (χ2n) is 7.81. The van der Waals surface area contributed by atoms with Gasteiger partial charge in [0.15, 0.2) is 0 Å². The summed E-state index contributed by atoms with van der Waals surface area (Å²) in [6.07, 6.45) is 1.38. The average molecular weight is 416 g/mol. The molecule has 0 aromatic heterocycles. The van der Waals surface area contributed by atoms with Crippen LogP contribution in [0.5, 0.6) is 0 Å². The van der Waals surface area contributed by atoms with E-state index in [9.17, 15) is 14.7 Å². The number of carbonyl (C=O) groups excluding carboxylic acids is 1. The van der Waals surface area contributed by atoms with Crippen LogP contribution < -0.4 is 10.2 Å². The molecular formula is C23H33N3O4. The Morgan fingerprint density at radius 1 is 1.30 bits per heavy atom. The van der Waals surface area contributed by atoms with E-state index in [1.807, 2.05) is 26.0 Å². The van der Waals surface area contributed by atoms with Crippen molar-refractivity contribution >= 4 is 23.3 Å². The lowest BCUT2D eigenvalue weighted by Crippen LogP contribution is -2.55. The number of anilines is 1. The van der Waals surface area contributed by atoms with Gasteiger partial charge in [0, 0.05) is 31.6 Å². The molecule has 30 heavy (non-hydrogen) atoms. The fraction of sp³-hybridized carbons (Fsp3) is 0.522. The van der Waals surface area contributed by atoms with Gasteiger partial charge in [0.1, 0.15) is 5.71 Å². The van der Waals surface area contributed by atoms with Crippen molar-refractivity contribution in [3.05, 3.63) is 40.6 Å². The van der Waals surface area contributed by atoms with Gasteiger partial charge in [-0.2, -0.15) is 0 Å². The Hall–Kier alpha value is -2.67. The average Bonchev–Trinajstić information content (AvgIpc) is 2.73. The molecule has 0 bridgehead atoms. The normalized spacial score (nSPS) is 20.6. The van der Waals surface area contributed by atoms with Gasteiger partial charge in [-0.25, -0.2) is 4.79 Å². The van der Waals surface area contributed by atoms with E-state index in [2.05, 4.69) is 22.1 Å². The van der Waals surface area contributed by atoms with Crippen LogP contribution in [-0.2, 0) is 9.53 Å². The van der Waals surface area contributed by atoms with Crippen molar-refractivity contribution < 1.29 is 19.4 Å². The highest BCUT2D eigenvalue weighted by Crippen LogP contribution is 2.24. The smallest absolute Gasteiger partial charge is 0.336 e. The molecule has 0 aliphatic carbocycles. The number of aryl methyl sites for hydroxylation is 1. The van der Waals surface area contributed by atoms with E-state index < -0.39 is 5.97 Å². The molecule has 2 N–H and O–H groups in total. The maximum Gasteiger partial charge on any atom is 0.336 e. The first-order valence-corrected chi connectivity index (χ1v) is 10.3. The quantitative estimate of drug-likeness (QED) is 0.665. The lowest BCUT2D eigenvalue weighted by molar-refractivity contribution is -0.116.